The summed E-state index contributed by atoms with van der Waals surface area (Å²) in [5.41, 5.74) is 1.86. The topological polar surface area (TPSA) is 65.1 Å². The second-order valence-corrected chi connectivity index (χ2v) is 3.82. The lowest BCUT2D eigenvalue weighted by Crippen LogP contribution is -2.24. The molecule has 1 aromatic carbocycles. The summed E-state index contributed by atoms with van der Waals surface area (Å²) < 4.78 is 0. The van der Waals surface area contributed by atoms with Crippen LogP contribution in [0, 0.1) is 0 Å². The molecule has 0 radical (unpaired) electrons. The molecule has 0 unspecified atom stereocenters. The fourth-order valence-electron chi connectivity index (χ4n) is 1.53. The van der Waals surface area contributed by atoms with Gasteiger partial charge in [0.25, 0.3) is 0 Å². The van der Waals surface area contributed by atoms with Crippen LogP contribution in [0.15, 0.2) is 42.6 Å². The standard InChI is InChI=1S/C13H14N2O2/c16-12-5-3-10(4-6-12)8-13(17)15-9-11-2-1-7-14-11/h1-7,14,16H,8-9H2,(H,15,17). The van der Waals surface area contributed by atoms with Crippen molar-refractivity contribution >= 4 is 5.91 Å². The summed E-state index contributed by atoms with van der Waals surface area (Å²) >= 11 is 0. The number of phenolic OH excluding ortho intramolecular Hbond substituents is 1. The highest BCUT2D eigenvalue weighted by molar-refractivity contribution is 5.78. The van der Waals surface area contributed by atoms with Crippen molar-refractivity contribution in [1.29, 1.82) is 0 Å². The Morgan fingerprint density at radius 2 is 2.00 bits per heavy atom. The number of aromatic hydroxyl groups is 1. The lowest BCUT2D eigenvalue weighted by Gasteiger charge is -2.04. The molecule has 2 rings (SSSR count). The van der Waals surface area contributed by atoms with E-state index in [1.807, 2.05) is 18.3 Å². The zero-order chi connectivity index (χ0) is 12.1. The summed E-state index contributed by atoms with van der Waals surface area (Å²) in [7, 11) is 0. The van der Waals surface area contributed by atoms with Crippen LogP contribution in [0.5, 0.6) is 5.75 Å². The minimum Gasteiger partial charge on any atom is -0.508 e. The molecule has 0 atom stereocenters. The van der Waals surface area contributed by atoms with Gasteiger partial charge in [-0.1, -0.05) is 12.1 Å². The third kappa shape index (κ3) is 3.38. The first-order valence-corrected chi connectivity index (χ1v) is 5.41. The number of hydrogen-bond acceptors (Lipinski definition) is 2. The number of carbonyl (C=O) groups excluding carboxylic acids is 1. The zero-order valence-corrected chi connectivity index (χ0v) is 9.31. The van der Waals surface area contributed by atoms with E-state index in [4.69, 9.17) is 5.11 Å². The monoisotopic (exact) mass is 230 g/mol. The van der Waals surface area contributed by atoms with E-state index in [1.54, 1.807) is 24.3 Å². The molecular formula is C13H14N2O2. The van der Waals surface area contributed by atoms with Crippen LogP contribution in [0.3, 0.4) is 0 Å². The molecule has 1 aromatic heterocycles. The van der Waals surface area contributed by atoms with Crippen LogP contribution in [-0.4, -0.2) is 16.0 Å². The van der Waals surface area contributed by atoms with E-state index >= 15 is 0 Å². The number of hydrogen-bond donors (Lipinski definition) is 3. The first-order valence-electron chi connectivity index (χ1n) is 5.41. The predicted molar refractivity (Wildman–Crippen MR) is 64.5 cm³/mol. The highest BCUT2D eigenvalue weighted by Gasteiger charge is 2.03. The number of amides is 1. The van der Waals surface area contributed by atoms with Crippen molar-refractivity contribution in [1.82, 2.24) is 10.3 Å². The minimum atomic E-state index is -0.0368. The Balaban J connectivity index is 1.83. The van der Waals surface area contributed by atoms with Gasteiger partial charge in [0, 0.05) is 11.9 Å². The molecule has 2 aromatic rings. The number of H-pyrrole nitrogens is 1. The third-order valence-corrected chi connectivity index (χ3v) is 2.44. The van der Waals surface area contributed by atoms with Gasteiger partial charge in [0.15, 0.2) is 0 Å². The van der Waals surface area contributed by atoms with Crippen molar-refractivity contribution in [2.24, 2.45) is 0 Å². The Bertz CT molecular complexity index is 475. The fraction of sp³-hybridized carbons (Fsp3) is 0.154. The second kappa shape index (κ2) is 5.21. The highest BCUT2D eigenvalue weighted by Crippen LogP contribution is 2.09. The van der Waals surface area contributed by atoms with Crippen LogP contribution >= 0.6 is 0 Å². The van der Waals surface area contributed by atoms with E-state index in [1.165, 1.54) is 0 Å². The molecule has 0 saturated carbocycles. The Hall–Kier alpha value is -2.23. The maximum absolute atomic E-state index is 11.6. The molecule has 4 nitrogen and oxygen atoms in total. The number of benzene rings is 1. The van der Waals surface area contributed by atoms with Crippen LogP contribution in [0.1, 0.15) is 11.3 Å². The molecule has 0 fully saturated rings. The van der Waals surface area contributed by atoms with Crippen LogP contribution in [0.4, 0.5) is 0 Å². The molecule has 0 saturated heterocycles. The summed E-state index contributed by atoms with van der Waals surface area (Å²) in [5, 5.41) is 11.9. The zero-order valence-electron chi connectivity index (χ0n) is 9.31. The lowest BCUT2D eigenvalue weighted by atomic mass is 10.1. The van der Waals surface area contributed by atoms with Crippen molar-refractivity contribution in [3.8, 4) is 5.75 Å². The highest BCUT2D eigenvalue weighted by atomic mass is 16.3. The Morgan fingerprint density at radius 1 is 1.24 bits per heavy atom. The average molecular weight is 230 g/mol. The van der Waals surface area contributed by atoms with Crippen LogP contribution in [0.25, 0.3) is 0 Å². The van der Waals surface area contributed by atoms with Gasteiger partial charge in [-0.15, -0.1) is 0 Å². The molecule has 0 aliphatic rings. The second-order valence-electron chi connectivity index (χ2n) is 3.82. The first-order chi connectivity index (χ1) is 8.24. The summed E-state index contributed by atoms with van der Waals surface area (Å²) in [5.74, 6) is 0.172. The van der Waals surface area contributed by atoms with Gasteiger partial charge in [-0.25, -0.2) is 0 Å². The van der Waals surface area contributed by atoms with E-state index in [9.17, 15) is 4.79 Å². The predicted octanol–water partition coefficient (Wildman–Crippen LogP) is 1.58. The number of carbonyl (C=O) groups is 1. The molecule has 0 aliphatic carbocycles. The summed E-state index contributed by atoms with van der Waals surface area (Å²) in [4.78, 5) is 14.6. The molecule has 0 spiro atoms. The molecule has 17 heavy (non-hydrogen) atoms. The van der Waals surface area contributed by atoms with Gasteiger partial charge in [0.1, 0.15) is 5.75 Å². The van der Waals surface area contributed by atoms with Crippen LogP contribution < -0.4 is 5.32 Å². The van der Waals surface area contributed by atoms with Gasteiger partial charge in [0.2, 0.25) is 5.91 Å². The molecule has 0 bridgehead atoms. The molecule has 0 aliphatic heterocycles. The molecule has 3 N–H and O–H groups in total. The van der Waals surface area contributed by atoms with Gasteiger partial charge in [-0.3, -0.25) is 4.79 Å². The molecule has 1 heterocycles. The SMILES string of the molecule is O=C(Cc1ccc(O)cc1)NCc1ccc[nH]1. The molecule has 1 amide bonds. The molecular weight excluding hydrogens is 216 g/mol. The van der Waals surface area contributed by atoms with Gasteiger partial charge < -0.3 is 15.4 Å². The van der Waals surface area contributed by atoms with Gasteiger partial charge in [-0.2, -0.15) is 0 Å². The Morgan fingerprint density at radius 3 is 2.65 bits per heavy atom. The number of nitrogens with one attached hydrogen (secondary N) is 2. The summed E-state index contributed by atoms with van der Waals surface area (Å²) in [6.45, 7) is 0.504. The van der Waals surface area contributed by atoms with E-state index in [2.05, 4.69) is 10.3 Å². The fourth-order valence-corrected chi connectivity index (χ4v) is 1.53. The number of rotatable bonds is 4. The quantitative estimate of drug-likeness (QED) is 0.746. The van der Waals surface area contributed by atoms with Crippen molar-refractivity contribution in [3.63, 3.8) is 0 Å². The maximum atomic E-state index is 11.6. The Kier molecular flexibility index (Phi) is 3.45. The third-order valence-electron chi connectivity index (χ3n) is 2.44. The first kappa shape index (κ1) is 11.3. The summed E-state index contributed by atoms with van der Waals surface area (Å²) in [6, 6.07) is 10.4. The molecule has 4 heteroatoms. The van der Waals surface area contributed by atoms with E-state index in [-0.39, 0.29) is 11.7 Å². The van der Waals surface area contributed by atoms with Gasteiger partial charge in [-0.05, 0) is 29.8 Å². The van der Waals surface area contributed by atoms with E-state index in [0.717, 1.165) is 11.3 Å². The van der Waals surface area contributed by atoms with Crippen LogP contribution in [0.2, 0.25) is 0 Å². The van der Waals surface area contributed by atoms with Crippen molar-refractivity contribution in [2.75, 3.05) is 0 Å². The number of aromatic nitrogens is 1. The average Bonchev–Trinajstić information content (AvgIpc) is 2.83. The largest absolute Gasteiger partial charge is 0.508 e. The lowest BCUT2D eigenvalue weighted by molar-refractivity contribution is -0.120. The van der Waals surface area contributed by atoms with Gasteiger partial charge >= 0.3 is 0 Å². The van der Waals surface area contributed by atoms with Crippen molar-refractivity contribution in [3.05, 3.63) is 53.9 Å². The maximum Gasteiger partial charge on any atom is 0.224 e. The van der Waals surface area contributed by atoms with Crippen molar-refractivity contribution < 1.29 is 9.90 Å². The van der Waals surface area contributed by atoms with Crippen LogP contribution in [-0.2, 0) is 17.8 Å². The van der Waals surface area contributed by atoms with E-state index < -0.39 is 0 Å². The Labute approximate surface area is 99.3 Å². The number of aromatic amines is 1. The van der Waals surface area contributed by atoms with E-state index in [0.29, 0.717) is 13.0 Å². The van der Waals surface area contributed by atoms with Crippen molar-refractivity contribution in [2.45, 2.75) is 13.0 Å². The summed E-state index contributed by atoms with van der Waals surface area (Å²) in [6.07, 6.45) is 2.14. The number of phenols is 1. The molecule has 88 valence electrons. The normalized spacial score (nSPS) is 10.1. The minimum absolute atomic E-state index is 0.0368. The van der Waals surface area contributed by atoms with Gasteiger partial charge in [0.05, 0.1) is 13.0 Å². The smallest absolute Gasteiger partial charge is 0.224 e.